The number of anilines is 1. The molecular formula is C30H29BrFN3O4Si. The third kappa shape index (κ3) is 4.83. The molecule has 1 amide bonds. The first-order chi connectivity index (χ1) is 19.3. The van der Waals surface area contributed by atoms with E-state index in [1.807, 2.05) is 30.0 Å². The van der Waals surface area contributed by atoms with E-state index in [0.29, 0.717) is 34.2 Å². The van der Waals surface area contributed by atoms with Gasteiger partial charge in [-0.15, -0.1) is 0 Å². The van der Waals surface area contributed by atoms with Crippen LogP contribution in [0.5, 0.6) is 0 Å². The van der Waals surface area contributed by atoms with Crippen LogP contribution in [-0.2, 0) is 16.0 Å². The number of amides is 1. The monoisotopic (exact) mass is 621 g/mol. The summed E-state index contributed by atoms with van der Waals surface area (Å²) in [5, 5.41) is 0. The number of carbonyl (C=O) groups excluding carboxylic acids is 2. The van der Waals surface area contributed by atoms with Crippen molar-refractivity contribution in [1.29, 1.82) is 0 Å². The number of oxazole rings is 1. The van der Waals surface area contributed by atoms with Crippen molar-refractivity contribution < 1.29 is 23.1 Å². The lowest BCUT2D eigenvalue weighted by atomic mass is 9.93. The molecule has 0 unspecified atom stereocenters. The Morgan fingerprint density at radius 1 is 1.15 bits per heavy atom. The van der Waals surface area contributed by atoms with Crippen LogP contribution in [0.3, 0.4) is 0 Å². The molecule has 0 bridgehead atoms. The molecule has 2 aliphatic rings. The molecule has 0 radical (unpaired) electrons. The number of esters is 1. The van der Waals surface area contributed by atoms with Crippen LogP contribution in [-0.4, -0.2) is 57.6 Å². The van der Waals surface area contributed by atoms with Gasteiger partial charge in [-0.05, 0) is 77.2 Å². The highest BCUT2D eigenvalue weighted by Gasteiger charge is 2.30. The number of halogens is 2. The highest BCUT2D eigenvalue weighted by atomic mass is 79.9. The fourth-order valence-electron chi connectivity index (χ4n) is 5.86. The van der Waals surface area contributed by atoms with E-state index >= 15 is 4.39 Å². The van der Waals surface area contributed by atoms with Crippen LogP contribution in [0.1, 0.15) is 40.9 Å². The van der Waals surface area contributed by atoms with Crippen molar-refractivity contribution in [2.24, 2.45) is 0 Å². The molecule has 1 fully saturated rings. The number of rotatable bonds is 4. The average Bonchev–Trinajstić information content (AvgIpc) is 3.41. The molecule has 3 heterocycles. The van der Waals surface area contributed by atoms with Crippen LogP contribution in [0, 0.1) is 5.82 Å². The minimum absolute atomic E-state index is 0.0225. The van der Waals surface area contributed by atoms with E-state index in [0.717, 1.165) is 24.7 Å². The molecule has 0 saturated carbocycles. The van der Waals surface area contributed by atoms with E-state index in [2.05, 4.69) is 37.9 Å². The van der Waals surface area contributed by atoms with Gasteiger partial charge in [-0.1, -0.05) is 24.3 Å². The highest BCUT2D eigenvalue weighted by molar-refractivity contribution is 9.10. The molecule has 0 spiro atoms. The summed E-state index contributed by atoms with van der Waals surface area (Å²) in [4.78, 5) is 34.0. The second kappa shape index (κ2) is 10.8. The first-order valence-electron chi connectivity index (χ1n) is 13.5. The number of methoxy groups -OCH3 is 1. The Morgan fingerprint density at radius 2 is 1.98 bits per heavy atom. The third-order valence-corrected chi connectivity index (χ3v) is 11.0. The van der Waals surface area contributed by atoms with Gasteiger partial charge in [0.1, 0.15) is 11.3 Å². The minimum Gasteiger partial charge on any atom is -0.469 e. The standard InChI is InChI=1S/C30H29BrFN3O4Si/c1-17-21-6-4-3-5-18(21)9-12-35(17)29(36)19-13-23(31)27-25(14-19)39-28(33-27)22-8-7-20(15-24(22)32)34-11-10-26(40-16-34)30(37)38-2/h3-8,13-15,17,26H,9-12,16,40H2,1-2H3/t17-,26-/m1/s1. The lowest BCUT2D eigenvalue weighted by Crippen LogP contribution is -2.39. The highest BCUT2D eigenvalue weighted by Crippen LogP contribution is 2.35. The van der Waals surface area contributed by atoms with E-state index in [4.69, 9.17) is 9.15 Å². The lowest BCUT2D eigenvalue weighted by Gasteiger charge is -2.35. The lowest BCUT2D eigenvalue weighted by molar-refractivity contribution is -0.140. The molecule has 4 aromatic rings. The summed E-state index contributed by atoms with van der Waals surface area (Å²) < 4.78 is 26.8. The van der Waals surface area contributed by atoms with Crippen LogP contribution in [0.25, 0.3) is 22.6 Å². The first-order valence-corrected chi connectivity index (χ1v) is 16.1. The Balaban J connectivity index is 1.23. The Hall–Kier alpha value is -3.50. The van der Waals surface area contributed by atoms with Crippen LogP contribution >= 0.6 is 15.9 Å². The van der Waals surface area contributed by atoms with Crippen LogP contribution in [0.2, 0.25) is 5.54 Å². The molecule has 0 aliphatic carbocycles. The van der Waals surface area contributed by atoms with Crippen molar-refractivity contribution in [2.75, 3.05) is 31.3 Å². The molecular weight excluding hydrogens is 593 g/mol. The largest absolute Gasteiger partial charge is 0.469 e. The number of carbonyl (C=O) groups is 2. The van der Waals surface area contributed by atoms with Crippen molar-refractivity contribution in [3.8, 4) is 11.5 Å². The van der Waals surface area contributed by atoms with Crippen molar-refractivity contribution in [2.45, 2.75) is 31.3 Å². The maximum Gasteiger partial charge on any atom is 0.305 e. The fraction of sp³-hybridized carbons (Fsp3) is 0.300. The molecule has 3 aromatic carbocycles. The smallest absolute Gasteiger partial charge is 0.305 e. The summed E-state index contributed by atoms with van der Waals surface area (Å²) in [7, 11) is 0.730. The topological polar surface area (TPSA) is 75.9 Å². The van der Waals surface area contributed by atoms with E-state index in [9.17, 15) is 9.59 Å². The summed E-state index contributed by atoms with van der Waals surface area (Å²) in [6.45, 7) is 3.36. The van der Waals surface area contributed by atoms with Crippen molar-refractivity contribution in [1.82, 2.24) is 9.88 Å². The molecule has 206 valence electrons. The summed E-state index contributed by atoms with van der Waals surface area (Å²) in [6, 6.07) is 16.7. The summed E-state index contributed by atoms with van der Waals surface area (Å²) >= 11 is 3.55. The minimum atomic E-state index is -0.695. The number of fused-ring (bicyclic) bond motifs is 2. The first kappa shape index (κ1) is 26.7. The predicted molar refractivity (Wildman–Crippen MR) is 158 cm³/mol. The van der Waals surface area contributed by atoms with Crippen LogP contribution in [0.15, 0.2) is 63.5 Å². The normalized spacial score (nSPS) is 19.6. The Kier molecular flexibility index (Phi) is 7.22. The van der Waals surface area contributed by atoms with Gasteiger partial charge in [0.05, 0.1) is 28.2 Å². The predicted octanol–water partition coefficient (Wildman–Crippen LogP) is 5.45. The molecule has 0 N–H and O–H groups in total. The van der Waals surface area contributed by atoms with Crippen LogP contribution < -0.4 is 4.90 Å². The van der Waals surface area contributed by atoms with Crippen molar-refractivity contribution in [3.05, 3.63) is 81.6 Å². The maximum atomic E-state index is 15.3. The van der Waals surface area contributed by atoms with Gasteiger partial charge in [-0.2, -0.15) is 0 Å². The van der Waals surface area contributed by atoms with Crippen LogP contribution in [0.4, 0.5) is 10.1 Å². The third-order valence-electron chi connectivity index (χ3n) is 8.13. The van der Waals surface area contributed by atoms with Gasteiger partial charge in [-0.25, -0.2) is 9.37 Å². The van der Waals surface area contributed by atoms with E-state index in [1.54, 1.807) is 18.2 Å². The van der Waals surface area contributed by atoms with Gasteiger partial charge >= 0.3 is 5.97 Å². The summed E-state index contributed by atoms with van der Waals surface area (Å²) in [5.41, 5.74) is 4.93. The Bertz CT molecular complexity index is 1620. The van der Waals surface area contributed by atoms with Crippen molar-refractivity contribution in [3.63, 3.8) is 0 Å². The number of hydrogen-bond acceptors (Lipinski definition) is 6. The van der Waals surface area contributed by atoms with E-state index < -0.39 is 15.3 Å². The summed E-state index contributed by atoms with van der Waals surface area (Å²) in [5.74, 6) is -0.495. The van der Waals surface area contributed by atoms with Gasteiger partial charge in [0.2, 0.25) is 5.89 Å². The van der Waals surface area contributed by atoms with Gasteiger partial charge in [0, 0.05) is 40.5 Å². The van der Waals surface area contributed by atoms with E-state index in [1.165, 1.54) is 24.3 Å². The molecule has 6 rings (SSSR count). The molecule has 1 aromatic heterocycles. The Morgan fingerprint density at radius 3 is 2.73 bits per heavy atom. The second-order valence-electron chi connectivity index (χ2n) is 10.4. The number of benzene rings is 3. The number of ether oxygens (including phenoxy) is 1. The maximum absolute atomic E-state index is 15.3. The SMILES string of the molecule is COC(=O)[C@H]1CCN(c2ccc(-c3nc4c(Br)cc(C(=O)N5CCc6ccccc6[C@H]5C)cc4o3)c(F)c2)C[SiH2]1. The Labute approximate surface area is 242 Å². The zero-order valence-corrected chi connectivity index (χ0v) is 25.3. The number of aromatic nitrogens is 1. The fourth-order valence-corrected chi connectivity index (χ4v) is 8.37. The van der Waals surface area contributed by atoms with Gasteiger partial charge in [-0.3, -0.25) is 9.59 Å². The van der Waals surface area contributed by atoms with E-state index in [-0.39, 0.29) is 34.9 Å². The average molecular weight is 623 g/mol. The van der Waals surface area contributed by atoms with Crippen molar-refractivity contribution >= 4 is 54.1 Å². The second-order valence-corrected chi connectivity index (χ2v) is 13.3. The van der Waals surface area contributed by atoms with Gasteiger partial charge < -0.3 is 19.0 Å². The van der Waals surface area contributed by atoms with Gasteiger partial charge in [0.15, 0.2) is 5.58 Å². The molecule has 2 atom stereocenters. The quantitative estimate of drug-likeness (QED) is 0.223. The molecule has 2 aliphatic heterocycles. The summed E-state index contributed by atoms with van der Waals surface area (Å²) in [6.07, 6.45) is 2.32. The van der Waals surface area contributed by atoms with Gasteiger partial charge in [0.25, 0.3) is 5.91 Å². The molecule has 10 heteroatoms. The molecule has 1 saturated heterocycles. The number of hydrogen-bond donors (Lipinski definition) is 0. The number of nitrogens with zero attached hydrogens (tertiary/aromatic N) is 3. The zero-order valence-electron chi connectivity index (χ0n) is 22.3. The molecule has 40 heavy (non-hydrogen) atoms. The zero-order chi connectivity index (χ0) is 28.0. The molecule has 7 nitrogen and oxygen atoms in total.